The number of nitrogens with one attached hydrogen (secondary N) is 2. The number of anilines is 1. The van der Waals surface area contributed by atoms with Crippen LogP contribution in [0.3, 0.4) is 0 Å². The summed E-state index contributed by atoms with van der Waals surface area (Å²) in [6.45, 7) is 4.47. The normalized spacial score (nSPS) is 15.9. The van der Waals surface area contributed by atoms with Crippen LogP contribution in [-0.2, 0) is 6.42 Å². The zero-order valence-corrected chi connectivity index (χ0v) is 18.4. The average Bonchev–Trinajstić information content (AvgIpc) is 3.44. The molecule has 3 aromatic heterocycles. The predicted molar refractivity (Wildman–Crippen MR) is 118 cm³/mol. The van der Waals surface area contributed by atoms with Gasteiger partial charge in [-0.05, 0) is 49.1 Å². The number of aromatic nitrogens is 4. The fraction of sp³-hybridized carbons (Fsp3) is 0.409. The van der Waals surface area contributed by atoms with Crippen LogP contribution in [0.25, 0.3) is 5.65 Å². The fourth-order valence-corrected chi connectivity index (χ4v) is 3.87. The SMILES string of the molecule is CCc1cnc(C(=O)N[C@H]2CCN(c3ccc4ncc(C(=O)NCC(F)F)n4n3)C2)cc1C. The molecule has 0 spiro atoms. The Balaban J connectivity index is 1.43. The lowest BCUT2D eigenvalue weighted by Crippen LogP contribution is -2.37. The number of nitrogens with zero attached hydrogens (tertiary/aromatic N) is 5. The van der Waals surface area contributed by atoms with Gasteiger partial charge in [0.15, 0.2) is 11.3 Å². The van der Waals surface area contributed by atoms with Gasteiger partial charge in [-0.1, -0.05) is 6.92 Å². The quantitative estimate of drug-likeness (QED) is 0.562. The van der Waals surface area contributed by atoms with Gasteiger partial charge in [-0.3, -0.25) is 14.6 Å². The van der Waals surface area contributed by atoms with E-state index in [0.717, 1.165) is 24.0 Å². The highest BCUT2D eigenvalue weighted by Crippen LogP contribution is 2.20. The van der Waals surface area contributed by atoms with Crippen LogP contribution in [0.4, 0.5) is 14.6 Å². The van der Waals surface area contributed by atoms with Crippen LogP contribution < -0.4 is 15.5 Å². The number of hydrogen-bond acceptors (Lipinski definition) is 6. The molecule has 33 heavy (non-hydrogen) atoms. The van der Waals surface area contributed by atoms with E-state index in [-0.39, 0.29) is 17.6 Å². The van der Waals surface area contributed by atoms with Gasteiger partial charge in [-0.25, -0.2) is 18.3 Å². The minimum atomic E-state index is -2.64. The molecular weight excluding hydrogens is 432 g/mol. The average molecular weight is 457 g/mol. The van der Waals surface area contributed by atoms with E-state index in [1.807, 2.05) is 18.7 Å². The predicted octanol–water partition coefficient (Wildman–Crippen LogP) is 2.00. The highest BCUT2D eigenvalue weighted by molar-refractivity contribution is 5.93. The first-order valence-electron chi connectivity index (χ1n) is 10.8. The summed E-state index contributed by atoms with van der Waals surface area (Å²) < 4.78 is 26.2. The van der Waals surface area contributed by atoms with Crippen molar-refractivity contribution in [3.8, 4) is 0 Å². The molecular formula is C22H25F2N7O2. The number of rotatable bonds is 7. The van der Waals surface area contributed by atoms with Crippen LogP contribution >= 0.6 is 0 Å². The summed E-state index contributed by atoms with van der Waals surface area (Å²) in [6.07, 6.45) is 1.99. The molecule has 0 radical (unpaired) electrons. The Morgan fingerprint density at radius 3 is 2.76 bits per heavy atom. The Kier molecular flexibility index (Phi) is 6.47. The zero-order valence-electron chi connectivity index (χ0n) is 18.4. The van der Waals surface area contributed by atoms with Crippen molar-refractivity contribution >= 4 is 23.3 Å². The fourth-order valence-electron chi connectivity index (χ4n) is 3.87. The second kappa shape index (κ2) is 9.47. The highest BCUT2D eigenvalue weighted by Gasteiger charge is 2.26. The summed E-state index contributed by atoms with van der Waals surface area (Å²) in [5.74, 6) is -0.291. The van der Waals surface area contributed by atoms with Crippen molar-refractivity contribution < 1.29 is 18.4 Å². The molecule has 11 heteroatoms. The van der Waals surface area contributed by atoms with Gasteiger partial charge in [0.1, 0.15) is 11.5 Å². The minimum Gasteiger partial charge on any atom is -0.353 e. The molecule has 0 unspecified atom stereocenters. The standard InChI is InChI=1S/C22H25F2N7O2/c1-3-14-9-25-16(8-13(14)2)21(32)28-15-6-7-30(12-15)20-5-4-19-26-10-17(31(19)29-20)22(33)27-11-18(23)24/h4-5,8-10,15,18H,3,6-7,11-12H2,1-2H3,(H,27,33)(H,28,32)/t15-/m0/s1. The van der Waals surface area contributed by atoms with Crippen molar-refractivity contribution in [1.82, 2.24) is 30.2 Å². The molecule has 1 aliphatic rings. The molecule has 9 nitrogen and oxygen atoms in total. The van der Waals surface area contributed by atoms with Crippen molar-refractivity contribution in [3.63, 3.8) is 0 Å². The number of amides is 2. The van der Waals surface area contributed by atoms with E-state index >= 15 is 0 Å². The summed E-state index contributed by atoms with van der Waals surface area (Å²) in [7, 11) is 0. The number of pyridine rings is 1. The number of carbonyl (C=O) groups is 2. The Hall–Kier alpha value is -3.63. The van der Waals surface area contributed by atoms with Crippen LogP contribution in [0.1, 0.15) is 45.4 Å². The maximum absolute atomic E-state index is 12.6. The van der Waals surface area contributed by atoms with Gasteiger partial charge in [0.25, 0.3) is 18.2 Å². The number of carbonyl (C=O) groups excluding carboxylic acids is 2. The third kappa shape index (κ3) is 4.91. The summed E-state index contributed by atoms with van der Waals surface area (Å²) in [5, 5.41) is 9.66. The number of imidazole rings is 1. The van der Waals surface area contributed by atoms with Gasteiger partial charge in [0.2, 0.25) is 0 Å². The van der Waals surface area contributed by atoms with Gasteiger partial charge < -0.3 is 15.5 Å². The van der Waals surface area contributed by atoms with Gasteiger partial charge in [0, 0.05) is 25.3 Å². The van der Waals surface area contributed by atoms with E-state index in [9.17, 15) is 18.4 Å². The topological polar surface area (TPSA) is 105 Å². The Morgan fingerprint density at radius 1 is 1.21 bits per heavy atom. The molecule has 4 rings (SSSR count). The minimum absolute atomic E-state index is 0.0773. The number of alkyl halides is 2. The van der Waals surface area contributed by atoms with E-state index in [0.29, 0.717) is 30.2 Å². The van der Waals surface area contributed by atoms with Crippen LogP contribution in [0.15, 0.2) is 30.6 Å². The van der Waals surface area contributed by atoms with Gasteiger partial charge >= 0.3 is 0 Å². The molecule has 0 aromatic carbocycles. The largest absolute Gasteiger partial charge is 0.353 e. The first kappa shape index (κ1) is 22.6. The lowest BCUT2D eigenvalue weighted by molar-refractivity contribution is 0.0884. The summed E-state index contributed by atoms with van der Waals surface area (Å²) >= 11 is 0. The first-order valence-corrected chi connectivity index (χ1v) is 10.8. The molecule has 0 saturated carbocycles. The van der Waals surface area contributed by atoms with Crippen molar-refractivity contribution in [1.29, 1.82) is 0 Å². The van der Waals surface area contributed by atoms with E-state index < -0.39 is 18.9 Å². The molecule has 2 amide bonds. The van der Waals surface area contributed by atoms with E-state index in [2.05, 4.69) is 25.7 Å². The summed E-state index contributed by atoms with van der Waals surface area (Å²) in [6, 6.07) is 5.21. The van der Waals surface area contributed by atoms with Gasteiger partial charge in [-0.15, -0.1) is 5.10 Å². The zero-order chi connectivity index (χ0) is 23.5. The van der Waals surface area contributed by atoms with E-state index in [1.54, 1.807) is 24.4 Å². The lowest BCUT2D eigenvalue weighted by Gasteiger charge is -2.18. The molecule has 2 N–H and O–H groups in total. The van der Waals surface area contributed by atoms with Crippen LogP contribution in [-0.4, -0.2) is 63.5 Å². The second-order valence-corrected chi connectivity index (χ2v) is 7.96. The molecule has 1 aliphatic heterocycles. The maximum atomic E-state index is 12.6. The molecule has 4 heterocycles. The van der Waals surface area contributed by atoms with Crippen molar-refractivity contribution in [2.45, 2.75) is 39.2 Å². The number of hydrogen-bond donors (Lipinski definition) is 2. The highest BCUT2D eigenvalue weighted by atomic mass is 19.3. The van der Waals surface area contributed by atoms with Crippen molar-refractivity contribution in [3.05, 3.63) is 53.1 Å². The summed E-state index contributed by atoms with van der Waals surface area (Å²) in [5.41, 5.74) is 3.05. The van der Waals surface area contributed by atoms with Crippen molar-refractivity contribution in [2.75, 3.05) is 24.5 Å². The molecule has 1 atom stereocenters. The molecule has 3 aromatic rings. The monoisotopic (exact) mass is 457 g/mol. The molecule has 1 saturated heterocycles. The molecule has 0 aliphatic carbocycles. The third-order valence-electron chi connectivity index (χ3n) is 5.68. The Bertz CT molecular complexity index is 1180. The Morgan fingerprint density at radius 2 is 2.03 bits per heavy atom. The van der Waals surface area contributed by atoms with Crippen LogP contribution in [0, 0.1) is 6.92 Å². The number of halogens is 2. The van der Waals surface area contributed by atoms with Crippen molar-refractivity contribution in [2.24, 2.45) is 0 Å². The maximum Gasteiger partial charge on any atom is 0.271 e. The molecule has 0 bridgehead atoms. The molecule has 174 valence electrons. The van der Waals surface area contributed by atoms with Gasteiger partial charge in [-0.2, -0.15) is 0 Å². The van der Waals surface area contributed by atoms with Crippen LogP contribution in [0.5, 0.6) is 0 Å². The van der Waals surface area contributed by atoms with E-state index in [1.165, 1.54) is 10.7 Å². The molecule has 1 fully saturated rings. The lowest BCUT2D eigenvalue weighted by atomic mass is 10.1. The van der Waals surface area contributed by atoms with Crippen LogP contribution in [0.2, 0.25) is 0 Å². The number of aryl methyl sites for hydroxylation is 2. The third-order valence-corrected chi connectivity index (χ3v) is 5.68. The van der Waals surface area contributed by atoms with E-state index in [4.69, 9.17) is 0 Å². The second-order valence-electron chi connectivity index (χ2n) is 7.96. The first-order chi connectivity index (χ1) is 15.9. The number of fused-ring (bicyclic) bond motifs is 1. The smallest absolute Gasteiger partial charge is 0.271 e. The summed E-state index contributed by atoms with van der Waals surface area (Å²) in [4.78, 5) is 35.2. The Labute approximate surface area is 189 Å². The van der Waals surface area contributed by atoms with Gasteiger partial charge in [0.05, 0.1) is 12.7 Å².